The van der Waals surface area contributed by atoms with Crippen molar-refractivity contribution in [3.63, 3.8) is 0 Å². The van der Waals surface area contributed by atoms with Crippen LogP contribution in [0.3, 0.4) is 0 Å². The topological polar surface area (TPSA) is 149 Å². The first-order valence-electron chi connectivity index (χ1n) is 13.1. The maximum absolute atomic E-state index is 14.6. The Bertz CT molecular complexity index is 1490. The lowest BCUT2D eigenvalue weighted by molar-refractivity contribution is -0.123. The highest BCUT2D eigenvalue weighted by molar-refractivity contribution is 5.96. The second kappa shape index (κ2) is 12.6. The normalized spacial score (nSPS) is 14.2. The molecule has 3 amide bonds. The number of aromatic amines is 1. The molecule has 0 aromatic carbocycles. The molecule has 0 radical (unpaired) electrons. The van der Waals surface area contributed by atoms with Crippen LogP contribution >= 0.6 is 0 Å². The van der Waals surface area contributed by atoms with Gasteiger partial charge in [0.2, 0.25) is 11.8 Å². The molecule has 4 rings (SSSR count). The molecule has 11 nitrogen and oxygen atoms in total. The van der Waals surface area contributed by atoms with Crippen LogP contribution in [0.4, 0.5) is 14.9 Å². The van der Waals surface area contributed by atoms with Crippen molar-refractivity contribution in [1.29, 1.82) is 0 Å². The number of likely N-dealkylation sites (N-methyl/N-ethyl adjacent to an activating group) is 1. The molecule has 0 bridgehead atoms. The monoisotopic (exact) mass is 552 g/mol. The largest absolute Gasteiger partial charge is 0.465 e. The maximum atomic E-state index is 14.6. The third kappa shape index (κ3) is 6.93. The third-order valence-electron chi connectivity index (χ3n) is 7.03. The highest BCUT2D eigenvalue weighted by atomic mass is 19.1. The molecule has 1 aliphatic rings. The van der Waals surface area contributed by atoms with Crippen LogP contribution in [-0.4, -0.2) is 62.6 Å². The summed E-state index contributed by atoms with van der Waals surface area (Å²) in [5.41, 5.74) is 1.99. The smallest absolute Gasteiger partial charge is 0.405 e. The van der Waals surface area contributed by atoms with Crippen LogP contribution in [0.25, 0.3) is 11.0 Å². The number of nitrogens with one attached hydrogen (secondary N) is 3. The summed E-state index contributed by atoms with van der Waals surface area (Å²) in [5.74, 6) is -0.817. The van der Waals surface area contributed by atoms with Crippen LogP contribution in [0.2, 0.25) is 0 Å². The highest BCUT2D eigenvalue weighted by Gasteiger charge is 2.23. The van der Waals surface area contributed by atoms with Crippen LogP contribution in [-0.2, 0) is 22.6 Å². The summed E-state index contributed by atoms with van der Waals surface area (Å²) in [4.78, 5) is 57.7. The number of carboxylic acid groups (broad SMARTS) is 1. The van der Waals surface area contributed by atoms with Crippen molar-refractivity contribution in [2.24, 2.45) is 5.92 Å². The molecule has 1 fully saturated rings. The van der Waals surface area contributed by atoms with E-state index in [1.807, 2.05) is 0 Å². The fourth-order valence-electron chi connectivity index (χ4n) is 4.60. The van der Waals surface area contributed by atoms with Gasteiger partial charge >= 0.3 is 6.09 Å². The molecule has 1 unspecified atom stereocenters. The Balaban J connectivity index is 1.47. The van der Waals surface area contributed by atoms with Crippen LogP contribution in [0.5, 0.6) is 0 Å². The summed E-state index contributed by atoms with van der Waals surface area (Å²) < 4.78 is 16.0. The van der Waals surface area contributed by atoms with Gasteiger partial charge in [0.15, 0.2) is 0 Å². The van der Waals surface area contributed by atoms with Crippen molar-refractivity contribution in [3.05, 3.63) is 70.2 Å². The predicted molar refractivity (Wildman–Crippen MR) is 148 cm³/mol. The summed E-state index contributed by atoms with van der Waals surface area (Å²) in [6, 6.07) is 3.66. The number of pyridine rings is 2. The van der Waals surface area contributed by atoms with Crippen molar-refractivity contribution in [2.45, 2.75) is 51.1 Å². The Morgan fingerprint density at radius 3 is 2.77 bits per heavy atom. The number of halogens is 1. The average Bonchev–Trinajstić information content (AvgIpc) is 3.28. The maximum Gasteiger partial charge on any atom is 0.405 e. The molecule has 0 aliphatic heterocycles. The molecular weight excluding hydrogens is 519 g/mol. The fourth-order valence-corrected chi connectivity index (χ4v) is 4.60. The van der Waals surface area contributed by atoms with E-state index in [9.17, 15) is 28.7 Å². The number of anilines is 1. The summed E-state index contributed by atoms with van der Waals surface area (Å²) in [5, 5.41) is 13.8. The predicted octanol–water partition coefficient (Wildman–Crippen LogP) is 3.25. The Hall–Kier alpha value is -4.48. The molecule has 40 heavy (non-hydrogen) atoms. The van der Waals surface area contributed by atoms with Crippen molar-refractivity contribution in [1.82, 2.24) is 24.8 Å². The lowest BCUT2D eigenvalue weighted by Gasteiger charge is -2.25. The zero-order valence-electron chi connectivity index (χ0n) is 22.4. The van der Waals surface area contributed by atoms with Crippen LogP contribution < -0.4 is 16.2 Å². The van der Waals surface area contributed by atoms with Crippen molar-refractivity contribution in [2.75, 3.05) is 19.4 Å². The van der Waals surface area contributed by atoms with E-state index in [1.54, 1.807) is 38.5 Å². The number of allylic oxidation sites excluding steroid dienone is 1. The minimum Gasteiger partial charge on any atom is -0.465 e. The summed E-state index contributed by atoms with van der Waals surface area (Å²) in [7, 11) is 3.20. The van der Waals surface area contributed by atoms with E-state index >= 15 is 0 Å². The number of aromatic nitrogens is 3. The quantitative estimate of drug-likeness (QED) is 0.268. The van der Waals surface area contributed by atoms with Crippen molar-refractivity contribution >= 4 is 34.6 Å². The zero-order valence-corrected chi connectivity index (χ0v) is 22.4. The molecule has 3 heterocycles. The minimum atomic E-state index is -1.39. The molecular formula is C28H33FN6O5. The van der Waals surface area contributed by atoms with E-state index < -0.39 is 23.6 Å². The highest BCUT2D eigenvalue weighted by Crippen LogP contribution is 2.32. The van der Waals surface area contributed by atoms with E-state index in [0.717, 1.165) is 19.3 Å². The van der Waals surface area contributed by atoms with Gasteiger partial charge in [-0.1, -0.05) is 25.3 Å². The Labute approximate surface area is 230 Å². The van der Waals surface area contributed by atoms with E-state index in [0.29, 0.717) is 34.6 Å². The van der Waals surface area contributed by atoms with Gasteiger partial charge in [0, 0.05) is 31.5 Å². The van der Waals surface area contributed by atoms with E-state index in [-0.39, 0.29) is 36.8 Å². The zero-order chi connectivity index (χ0) is 28.8. The fraction of sp³-hybridized carbons (Fsp3) is 0.393. The number of carbonyl (C=O) groups excluding carboxylic acids is 2. The Morgan fingerprint density at radius 2 is 2.10 bits per heavy atom. The van der Waals surface area contributed by atoms with Crippen molar-refractivity contribution in [3.8, 4) is 0 Å². The van der Waals surface area contributed by atoms with Crippen LogP contribution in [0, 0.1) is 11.7 Å². The lowest BCUT2D eigenvalue weighted by atomic mass is 9.81. The van der Waals surface area contributed by atoms with Gasteiger partial charge in [-0.3, -0.25) is 19.4 Å². The third-order valence-corrected chi connectivity index (χ3v) is 7.03. The summed E-state index contributed by atoms with van der Waals surface area (Å²) in [6.45, 7) is 0.130. The van der Waals surface area contributed by atoms with Crippen LogP contribution in [0.15, 0.2) is 47.5 Å². The standard InChI is InChI=1S/C28H33FN6O5/c1-34(2)24(36)11-4-3-9-21(33-28(39)40)26(37)32-22-10-6-12-35(27(22)38)16-18-14-23-25(31-18)19(20(29)15-30-23)13-17-7-5-8-17/h4,6,10-12,14-15,17,21,31,33H,3,5,7-9,13,16H2,1-2H3,(H,32,37)(H,39,40)/b11-4+. The van der Waals surface area contributed by atoms with Gasteiger partial charge in [0.1, 0.15) is 17.5 Å². The van der Waals surface area contributed by atoms with E-state index in [4.69, 9.17) is 0 Å². The Morgan fingerprint density at radius 1 is 1.32 bits per heavy atom. The van der Waals surface area contributed by atoms with Gasteiger partial charge in [-0.2, -0.15) is 0 Å². The SMILES string of the molecule is CN(C)C(=O)/C=C/CCC(NC(=O)O)C(=O)Nc1cccn(Cc2cc3ncc(F)c(CC4CCC4)c3[nH]2)c1=O. The molecule has 1 saturated carbocycles. The number of rotatable bonds is 11. The Kier molecular flexibility index (Phi) is 8.97. The molecule has 0 spiro atoms. The van der Waals surface area contributed by atoms with Crippen molar-refractivity contribution < 1.29 is 23.9 Å². The molecule has 12 heteroatoms. The number of fused-ring (bicyclic) bond motifs is 1. The van der Waals surface area contributed by atoms with Gasteiger partial charge in [-0.05, 0) is 49.5 Å². The summed E-state index contributed by atoms with van der Waals surface area (Å²) >= 11 is 0. The van der Waals surface area contributed by atoms with Gasteiger partial charge in [-0.15, -0.1) is 0 Å². The molecule has 3 aromatic rings. The molecule has 0 saturated heterocycles. The van der Waals surface area contributed by atoms with Gasteiger partial charge < -0.3 is 30.2 Å². The van der Waals surface area contributed by atoms with Crippen LogP contribution in [0.1, 0.15) is 43.4 Å². The molecule has 1 aliphatic carbocycles. The van der Waals surface area contributed by atoms with Gasteiger partial charge in [0.05, 0.1) is 23.8 Å². The number of hydrogen-bond acceptors (Lipinski definition) is 5. The van der Waals surface area contributed by atoms with Gasteiger partial charge in [-0.25, -0.2) is 9.18 Å². The van der Waals surface area contributed by atoms with Gasteiger partial charge in [0.25, 0.3) is 5.56 Å². The number of amides is 3. The first-order valence-corrected chi connectivity index (χ1v) is 13.1. The first-order chi connectivity index (χ1) is 19.1. The molecule has 3 aromatic heterocycles. The summed E-state index contributed by atoms with van der Waals surface area (Å²) in [6.07, 6.45) is 8.61. The number of H-pyrrole nitrogens is 1. The second-order valence-electron chi connectivity index (χ2n) is 10.2. The van der Waals surface area contributed by atoms with E-state index in [1.165, 1.54) is 27.8 Å². The molecule has 212 valence electrons. The molecule has 4 N–H and O–H groups in total. The number of carbonyl (C=O) groups is 3. The first kappa shape index (κ1) is 28.5. The average molecular weight is 553 g/mol. The molecule has 1 atom stereocenters. The lowest BCUT2D eigenvalue weighted by Crippen LogP contribution is -2.44. The van der Waals surface area contributed by atoms with E-state index in [2.05, 4.69) is 20.6 Å². The second-order valence-corrected chi connectivity index (χ2v) is 10.2. The number of hydrogen-bond donors (Lipinski definition) is 4. The number of nitrogens with zero attached hydrogens (tertiary/aromatic N) is 3. The minimum absolute atomic E-state index is 0.0195.